The summed E-state index contributed by atoms with van der Waals surface area (Å²) in [6.45, 7) is 8.60. The largest absolute Gasteiger partial charge is 0.309 e. The Morgan fingerprint density at radius 2 is 2.06 bits per heavy atom. The van der Waals surface area contributed by atoms with Gasteiger partial charge < -0.3 is 4.90 Å². The van der Waals surface area contributed by atoms with Crippen LogP contribution in [0.2, 0.25) is 0 Å². The van der Waals surface area contributed by atoms with Crippen molar-refractivity contribution in [2.75, 3.05) is 27.2 Å². The van der Waals surface area contributed by atoms with E-state index in [-0.39, 0.29) is 5.92 Å². The van der Waals surface area contributed by atoms with Gasteiger partial charge in [0.05, 0.1) is 0 Å². The monoisotopic (exact) mass is 226 g/mol. The van der Waals surface area contributed by atoms with Crippen LogP contribution in [0.4, 0.5) is 0 Å². The van der Waals surface area contributed by atoms with Crippen LogP contribution in [-0.4, -0.2) is 54.9 Å². The maximum Gasteiger partial charge on any atom is 0.138 e. The molecule has 3 atom stereocenters. The van der Waals surface area contributed by atoms with E-state index >= 15 is 0 Å². The zero-order valence-corrected chi connectivity index (χ0v) is 11.4. The lowest BCUT2D eigenvalue weighted by molar-refractivity contribution is -0.128. The van der Waals surface area contributed by atoms with E-state index in [0.717, 1.165) is 19.5 Å². The number of carbonyl (C=O) groups is 1. The van der Waals surface area contributed by atoms with Crippen LogP contribution in [0, 0.1) is 5.92 Å². The average Bonchev–Trinajstić information content (AvgIpc) is 2.23. The van der Waals surface area contributed by atoms with Gasteiger partial charge in [0.15, 0.2) is 0 Å². The molecule has 94 valence electrons. The second-order valence-corrected chi connectivity index (χ2v) is 5.42. The van der Waals surface area contributed by atoms with Crippen molar-refractivity contribution in [3.63, 3.8) is 0 Å². The molecule has 0 amide bonds. The lowest BCUT2D eigenvalue weighted by Crippen LogP contribution is -2.51. The highest BCUT2D eigenvalue weighted by molar-refractivity contribution is 5.82. The third-order valence-electron chi connectivity index (χ3n) is 3.93. The van der Waals surface area contributed by atoms with E-state index in [1.165, 1.54) is 6.42 Å². The Balaban J connectivity index is 2.49. The number of hydrogen-bond acceptors (Lipinski definition) is 3. The fourth-order valence-electron chi connectivity index (χ4n) is 2.46. The van der Waals surface area contributed by atoms with Gasteiger partial charge in [-0.3, -0.25) is 9.69 Å². The van der Waals surface area contributed by atoms with Gasteiger partial charge in [-0.1, -0.05) is 6.92 Å². The van der Waals surface area contributed by atoms with Crippen molar-refractivity contribution < 1.29 is 4.79 Å². The van der Waals surface area contributed by atoms with Gasteiger partial charge in [0.1, 0.15) is 5.78 Å². The SMILES string of the molecule is CC1C(=O)CCN(C(C)CCN(C)C)C1C. The second-order valence-electron chi connectivity index (χ2n) is 5.42. The number of carbonyl (C=O) groups excluding carboxylic acids is 1. The normalized spacial score (nSPS) is 29.8. The Morgan fingerprint density at radius 3 is 2.62 bits per heavy atom. The zero-order valence-electron chi connectivity index (χ0n) is 11.4. The summed E-state index contributed by atoms with van der Waals surface area (Å²) in [4.78, 5) is 16.3. The Labute approximate surface area is 99.8 Å². The predicted octanol–water partition coefficient (Wildman–Crippen LogP) is 1.63. The number of Topliss-reactive ketones (excluding diaryl/α,β-unsaturated/α-hetero) is 1. The maximum atomic E-state index is 11.6. The highest BCUT2D eigenvalue weighted by atomic mass is 16.1. The third kappa shape index (κ3) is 3.29. The molecule has 3 heteroatoms. The van der Waals surface area contributed by atoms with Crippen molar-refractivity contribution in [2.45, 2.75) is 45.7 Å². The number of ketones is 1. The minimum atomic E-state index is 0.204. The molecule has 1 aliphatic rings. The number of rotatable bonds is 4. The molecule has 1 fully saturated rings. The Morgan fingerprint density at radius 1 is 1.44 bits per heavy atom. The van der Waals surface area contributed by atoms with Crippen LogP contribution in [0.25, 0.3) is 0 Å². The molecule has 16 heavy (non-hydrogen) atoms. The summed E-state index contributed by atoms with van der Waals surface area (Å²) in [6.07, 6.45) is 1.91. The van der Waals surface area contributed by atoms with Crippen molar-refractivity contribution in [3.8, 4) is 0 Å². The van der Waals surface area contributed by atoms with Crippen molar-refractivity contribution >= 4 is 5.78 Å². The van der Waals surface area contributed by atoms with Gasteiger partial charge in [0.25, 0.3) is 0 Å². The summed E-state index contributed by atoms with van der Waals surface area (Å²) in [6, 6.07) is 0.978. The fourth-order valence-corrected chi connectivity index (χ4v) is 2.46. The first-order chi connectivity index (χ1) is 7.43. The van der Waals surface area contributed by atoms with E-state index in [9.17, 15) is 4.79 Å². The van der Waals surface area contributed by atoms with Crippen LogP contribution < -0.4 is 0 Å². The van der Waals surface area contributed by atoms with Gasteiger partial charge in [0.2, 0.25) is 0 Å². The van der Waals surface area contributed by atoms with Crippen molar-refractivity contribution in [1.29, 1.82) is 0 Å². The molecule has 3 unspecified atom stereocenters. The average molecular weight is 226 g/mol. The molecule has 0 aliphatic carbocycles. The van der Waals surface area contributed by atoms with Gasteiger partial charge >= 0.3 is 0 Å². The lowest BCUT2D eigenvalue weighted by Gasteiger charge is -2.41. The summed E-state index contributed by atoms with van der Waals surface area (Å²) >= 11 is 0. The van der Waals surface area contributed by atoms with Crippen LogP contribution in [0.1, 0.15) is 33.6 Å². The zero-order chi connectivity index (χ0) is 12.3. The quantitative estimate of drug-likeness (QED) is 0.728. The molecule has 0 spiro atoms. The highest BCUT2D eigenvalue weighted by Crippen LogP contribution is 2.23. The Bertz CT molecular complexity index is 240. The molecule has 0 aromatic heterocycles. The van der Waals surface area contributed by atoms with Gasteiger partial charge in [-0.15, -0.1) is 0 Å². The van der Waals surface area contributed by atoms with Gasteiger partial charge in [0, 0.05) is 31.0 Å². The summed E-state index contributed by atoms with van der Waals surface area (Å²) in [5.74, 6) is 0.638. The van der Waals surface area contributed by atoms with Crippen LogP contribution in [0.5, 0.6) is 0 Å². The highest BCUT2D eigenvalue weighted by Gasteiger charge is 2.32. The van der Waals surface area contributed by atoms with E-state index in [1.54, 1.807) is 0 Å². The van der Waals surface area contributed by atoms with Crippen LogP contribution in [0.15, 0.2) is 0 Å². The Kier molecular flexibility index (Phi) is 4.93. The van der Waals surface area contributed by atoms with Gasteiger partial charge in [-0.2, -0.15) is 0 Å². The molecular formula is C13H26N2O. The van der Waals surface area contributed by atoms with Crippen LogP contribution >= 0.6 is 0 Å². The van der Waals surface area contributed by atoms with Crippen LogP contribution in [-0.2, 0) is 4.79 Å². The lowest BCUT2D eigenvalue weighted by atomic mass is 9.89. The second kappa shape index (κ2) is 5.78. The number of nitrogens with zero attached hydrogens (tertiary/aromatic N) is 2. The maximum absolute atomic E-state index is 11.6. The van der Waals surface area contributed by atoms with Crippen molar-refractivity contribution in [3.05, 3.63) is 0 Å². The van der Waals surface area contributed by atoms with E-state index in [1.807, 2.05) is 0 Å². The van der Waals surface area contributed by atoms with Gasteiger partial charge in [-0.25, -0.2) is 0 Å². The first-order valence-electron chi connectivity index (χ1n) is 6.36. The number of likely N-dealkylation sites (tertiary alicyclic amines) is 1. The molecule has 0 radical (unpaired) electrons. The summed E-state index contributed by atoms with van der Waals surface area (Å²) in [5, 5.41) is 0. The van der Waals surface area contributed by atoms with E-state index in [4.69, 9.17) is 0 Å². The molecule has 1 heterocycles. The summed E-state index contributed by atoms with van der Waals surface area (Å²) in [7, 11) is 4.22. The van der Waals surface area contributed by atoms with Crippen molar-refractivity contribution in [1.82, 2.24) is 9.80 Å². The molecule has 1 aliphatic heterocycles. The first kappa shape index (κ1) is 13.7. The molecule has 0 aromatic carbocycles. The minimum absolute atomic E-state index is 0.204. The summed E-state index contributed by atoms with van der Waals surface area (Å²) < 4.78 is 0. The topological polar surface area (TPSA) is 23.6 Å². The molecule has 0 saturated carbocycles. The minimum Gasteiger partial charge on any atom is -0.309 e. The molecule has 1 saturated heterocycles. The standard InChI is InChI=1S/C13H26N2O/c1-10(6-8-14(4)5)15-9-7-13(16)11(2)12(15)3/h10-12H,6-9H2,1-5H3. The summed E-state index contributed by atoms with van der Waals surface area (Å²) in [5.41, 5.74) is 0. The van der Waals surface area contributed by atoms with Gasteiger partial charge in [-0.05, 0) is 40.9 Å². The third-order valence-corrected chi connectivity index (χ3v) is 3.93. The predicted molar refractivity (Wildman–Crippen MR) is 67.6 cm³/mol. The molecule has 0 N–H and O–H groups in total. The molecule has 0 bridgehead atoms. The van der Waals surface area contributed by atoms with E-state index in [2.05, 4.69) is 44.7 Å². The number of hydrogen-bond donors (Lipinski definition) is 0. The van der Waals surface area contributed by atoms with E-state index < -0.39 is 0 Å². The van der Waals surface area contributed by atoms with E-state index in [0.29, 0.717) is 17.9 Å². The smallest absolute Gasteiger partial charge is 0.138 e. The Hall–Kier alpha value is -0.410. The first-order valence-corrected chi connectivity index (χ1v) is 6.36. The number of piperidine rings is 1. The van der Waals surface area contributed by atoms with Crippen molar-refractivity contribution in [2.24, 2.45) is 5.92 Å². The molecule has 1 rings (SSSR count). The molecule has 3 nitrogen and oxygen atoms in total. The molecule has 0 aromatic rings. The molecular weight excluding hydrogens is 200 g/mol. The van der Waals surface area contributed by atoms with Crippen LogP contribution in [0.3, 0.4) is 0 Å². The fraction of sp³-hybridized carbons (Fsp3) is 0.923.